The van der Waals surface area contributed by atoms with Gasteiger partial charge in [-0.1, -0.05) is 30.3 Å². The molecule has 6 heteroatoms. The Morgan fingerprint density at radius 2 is 2.04 bits per heavy atom. The highest BCUT2D eigenvalue weighted by Crippen LogP contribution is 2.28. The Kier molecular flexibility index (Phi) is 4.86. The van der Waals surface area contributed by atoms with Gasteiger partial charge in [0.2, 0.25) is 5.91 Å². The maximum absolute atomic E-state index is 12.3. The Hall–Kier alpha value is -3.15. The second kappa shape index (κ2) is 7.41. The molecule has 0 aliphatic carbocycles. The number of H-pyrrole nitrogens is 1. The van der Waals surface area contributed by atoms with E-state index >= 15 is 0 Å². The van der Waals surface area contributed by atoms with Crippen molar-refractivity contribution in [2.45, 2.75) is 18.9 Å². The zero-order chi connectivity index (χ0) is 16.8. The number of benzene rings is 1. The van der Waals surface area contributed by atoms with Crippen LogP contribution in [0.1, 0.15) is 29.4 Å². The van der Waals surface area contributed by atoms with Crippen molar-refractivity contribution in [3.05, 3.63) is 88.5 Å². The summed E-state index contributed by atoms with van der Waals surface area (Å²) in [6.45, 7) is 0.211. The molecule has 0 fully saturated rings. The minimum Gasteiger partial charge on any atom is -0.469 e. The monoisotopic (exact) mass is 323 g/mol. The number of amides is 1. The lowest BCUT2D eigenvalue weighted by molar-refractivity contribution is -0.121. The third-order valence-electron chi connectivity index (χ3n) is 3.68. The first-order valence-corrected chi connectivity index (χ1v) is 7.61. The lowest BCUT2D eigenvalue weighted by Crippen LogP contribution is -2.26. The molecule has 0 unspecified atom stereocenters. The summed E-state index contributed by atoms with van der Waals surface area (Å²) in [6, 6.07) is 14.8. The van der Waals surface area contributed by atoms with E-state index in [1.165, 1.54) is 12.4 Å². The van der Waals surface area contributed by atoms with Crippen molar-refractivity contribution in [3.63, 3.8) is 0 Å². The van der Waals surface area contributed by atoms with Gasteiger partial charge < -0.3 is 14.7 Å². The highest BCUT2D eigenvalue weighted by molar-refractivity contribution is 5.77. The van der Waals surface area contributed by atoms with Gasteiger partial charge in [0.05, 0.1) is 30.7 Å². The highest BCUT2D eigenvalue weighted by atomic mass is 16.3. The number of hydrogen-bond donors (Lipinski definition) is 2. The fraction of sp³-hybridized carbons (Fsp3) is 0.167. The molecule has 2 N–H and O–H groups in total. The van der Waals surface area contributed by atoms with Crippen molar-refractivity contribution in [3.8, 4) is 0 Å². The highest BCUT2D eigenvalue weighted by Gasteiger charge is 2.20. The van der Waals surface area contributed by atoms with Crippen LogP contribution in [0.25, 0.3) is 0 Å². The normalized spacial score (nSPS) is 11.8. The van der Waals surface area contributed by atoms with Gasteiger partial charge in [-0.25, -0.2) is 4.98 Å². The summed E-state index contributed by atoms with van der Waals surface area (Å²) in [5.74, 6) is 0.446. The van der Waals surface area contributed by atoms with Crippen molar-refractivity contribution in [2.24, 2.45) is 0 Å². The number of furan rings is 1. The van der Waals surface area contributed by atoms with Gasteiger partial charge in [-0.05, 0) is 17.7 Å². The Labute approximate surface area is 138 Å². The quantitative estimate of drug-likeness (QED) is 0.728. The van der Waals surface area contributed by atoms with Gasteiger partial charge in [0.1, 0.15) is 5.76 Å². The molecule has 1 aromatic carbocycles. The number of hydrogen-bond acceptors (Lipinski definition) is 4. The Balaban J connectivity index is 1.69. The van der Waals surface area contributed by atoms with Crippen LogP contribution in [0.15, 0.2) is 70.3 Å². The largest absolute Gasteiger partial charge is 0.469 e. The molecule has 0 spiro atoms. The van der Waals surface area contributed by atoms with Gasteiger partial charge >= 0.3 is 0 Å². The SMILES string of the molecule is O=C(C[C@H](c1ccccc1)c1ccco1)NCc1cc(=O)[nH]cn1. The van der Waals surface area contributed by atoms with E-state index in [1.807, 2.05) is 42.5 Å². The molecule has 2 aromatic heterocycles. The average molecular weight is 323 g/mol. The Morgan fingerprint density at radius 1 is 1.21 bits per heavy atom. The summed E-state index contributed by atoms with van der Waals surface area (Å²) in [7, 11) is 0. The molecule has 1 atom stereocenters. The van der Waals surface area contributed by atoms with Crippen LogP contribution >= 0.6 is 0 Å². The van der Waals surface area contributed by atoms with Crippen molar-refractivity contribution >= 4 is 5.91 Å². The van der Waals surface area contributed by atoms with Crippen LogP contribution in [0.3, 0.4) is 0 Å². The van der Waals surface area contributed by atoms with Gasteiger partial charge in [-0.3, -0.25) is 9.59 Å². The summed E-state index contributed by atoms with van der Waals surface area (Å²) >= 11 is 0. The first-order chi connectivity index (χ1) is 11.7. The lowest BCUT2D eigenvalue weighted by atomic mass is 9.93. The number of nitrogens with one attached hydrogen (secondary N) is 2. The molecule has 2 heterocycles. The number of carbonyl (C=O) groups is 1. The number of aromatic nitrogens is 2. The van der Waals surface area contributed by atoms with Gasteiger partial charge in [-0.2, -0.15) is 0 Å². The van der Waals surface area contributed by atoms with Gasteiger partial charge in [0.15, 0.2) is 0 Å². The predicted octanol–water partition coefficient (Wildman–Crippen LogP) is 2.20. The Morgan fingerprint density at radius 3 is 2.75 bits per heavy atom. The molecule has 6 nitrogen and oxygen atoms in total. The number of carbonyl (C=O) groups excluding carboxylic acids is 1. The van der Waals surface area contributed by atoms with E-state index in [0.717, 1.165) is 11.3 Å². The molecular weight excluding hydrogens is 306 g/mol. The standard InChI is InChI=1S/C18H17N3O3/c22-17-9-14(20-12-21-17)11-19-18(23)10-15(16-7-4-8-24-16)13-5-2-1-3-6-13/h1-9,12,15H,10-11H2,(H,19,23)(H,20,21,22)/t15-/m1/s1. The molecule has 0 saturated carbocycles. The third kappa shape index (κ3) is 3.98. The summed E-state index contributed by atoms with van der Waals surface area (Å²) in [5, 5.41) is 2.79. The minimum atomic E-state index is -0.244. The van der Waals surface area contributed by atoms with E-state index in [0.29, 0.717) is 5.69 Å². The smallest absolute Gasteiger partial charge is 0.250 e. The Bertz CT molecular complexity index is 841. The van der Waals surface area contributed by atoms with Crippen LogP contribution in [-0.2, 0) is 11.3 Å². The first-order valence-electron chi connectivity index (χ1n) is 7.61. The third-order valence-corrected chi connectivity index (χ3v) is 3.68. The average Bonchev–Trinajstić information content (AvgIpc) is 3.13. The lowest BCUT2D eigenvalue weighted by Gasteiger charge is -2.15. The van der Waals surface area contributed by atoms with Crippen molar-refractivity contribution in [2.75, 3.05) is 0 Å². The van der Waals surface area contributed by atoms with Crippen LogP contribution in [0.4, 0.5) is 0 Å². The number of aromatic amines is 1. The molecule has 3 aromatic rings. The molecule has 0 radical (unpaired) electrons. The van der Waals surface area contributed by atoms with E-state index in [-0.39, 0.29) is 30.3 Å². The molecule has 0 saturated heterocycles. The first kappa shape index (κ1) is 15.7. The molecule has 0 aliphatic rings. The molecule has 1 amide bonds. The molecular formula is C18H17N3O3. The maximum Gasteiger partial charge on any atom is 0.250 e. The molecule has 0 aliphatic heterocycles. The van der Waals surface area contributed by atoms with E-state index in [9.17, 15) is 9.59 Å². The van der Waals surface area contributed by atoms with Crippen LogP contribution < -0.4 is 10.9 Å². The van der Waals surface area contributed by atoms with Crippen LogP contribution in [-0.4, -0.2) is 15.9 Å². The summed E-state index contributed by atoms with van der Waals surface area (Å²) < 4.78 is 5.49. The fourth-order valence-corrected chi connectivity index (χ4v) is 2.51. The van der Waals surface area contributed by atoms with Crippen molar-refractivity contribution in [1.29, 1.82) is 0 Å². The second-order valence-electron chi connectivity index (χ2n) is 5.36. The van der Waals surface area contributed by atoms with Crippen molar-refractivity contribution in [1.82, 2.24) is 15.3 Å². The molecule has 24 heavy (non-hydrogen) atoms. The number of rotatable bonds is 6. The predicted molar refractivity (Wildman–Crippen MR) is 88.3 cm³/mol. The second-order valence-corrected chi connectivity index (χ2v) is 5.36. The molecule has 122 valence electrons. The zero-order valence-electron chi connectivity index (χ0n) is 12.9. The van der Waals surface area contributed by atoms with E-state index in [1.54, 1.807) is 6.26 Å². The molecule has 0 bridgehead atoms. The van der Waals surface area contributed by atoms with Crippen molar-refractivity contribution < 1.29 is 9.21 Å². The summed E-state index contributed by atoms with van der Waals surface area (Å²) in [4.78, 5) is 30.0. The van der Waals surface area contributed by atoms with Gasteiger partial charge in [-0.15, -0.1) is 0 Å². The van der Waals surface area contributed by atoms with Crippen LogP contribution in [0, 0.1) is 0 Å². The summed E-state index contributed by atoms with van der Waals surface area (Å²) in [6.07, 6.45) is 3.17. The topological polar surface area (TPSA) is 88.0 Å². The molecule has 3 rings (SSSR count). The number of nitrogens with zero attached hydrogens (tertiary/aromatic N) is 1. The minimum absolute atomic E-state index is 0.137. The maximum atomic E-state index is 12.3. The van der Waals surface area contributed by atoms with E-state index in [2.05, 4.69) is 15.3 Å². The van der Waals surface area contributed by atoms with Gasteiger partial charge in [0.25, 0.3) is 5.56 Å². The van der Waals surface area contributed by atoms with E-state index in [4.69, 9.17) is 4.42 Å². The van der Waals surface area contributed by atoms with Gasteiger partial charge in [0, 0.05) is 12.5 Å². The summed E-state index contributed by atoms with van der Waals surface area (Å²) in [5.41, 5.74) is 1.28. The fourth-order valence-electron chi connectivity index (χ4n) is 2.51. The van der Waals surface area contributed by atoms with Crippen LogP contribution in [0.5, 0.6) is 0 Å². The zero-order valence-corrected chi connectivity index (χ0v) is 12.9. The van der Waals surface area contributed by atoms with Crippen LogP contribution in [0.2, 0.25) is 0 Å². The van der Waals surface area contributed by atoms with E-state index < -0.39 is 0 Å².